The minimum Gasteiger partial charge on any atom is -0.490 e. The van der Waals surface area contributed by atoms with Gasteiger partial charge in [-0.15, -0.1) is 0 Å². The zero-order valence-corrected chi connectivity index (χ0v) is 17.8. The molecular weight excluding hydrogens is 404 g/mol. The van der Waals surface area contributed by atoms with Gasteiger partial charge in [-0.3, -0.25) is 9.59 Å². The number of hydrogen-bond donors (Lipinski definition) is 2. The highest BCUT2D eigenvalue weighted by atomic mass is 16.5. The predicted molar refractivity (Wildman–Crippen MR) is 121 cm³/mol. The van der Waals surface area contributed by atoms with Gasteiger partial charge in [-0.25, -0.2) is 4.98 Å². The Morgan fingerprint density at radius 3 is 2.62 bits per heavy atom. The number of aromatic amines is 1. The van der Waals surface area contributed by atoms with E-state index in [0.717, 1.165) is 31.4 Å². The van der Waals surface area contributed by atoms with Gasteiger partial charge < -0.3 is 15.0 Å². The van der Waals surface area contributed by atoms with E-state index in [0.29, 0.717) is 41.6 Å². The summed E-state index contributed by atoms with van der Waals surface area (Å²) in [5.74, 6) is 1.42. The van der Waals surface area contributed by atoms with Gasteiger partial charge in [0, 0.05) is 18.9 Å². The first kappa shape index (κ1) is 21.6. The third-order valence-electron chi connectivity index (χ3n) is 5.80. The average molecular weight is 431 g/mol. The van der Waals surface area contributed by atoms with Crippen molar-refractivity contribution in [2.45, 2.75) is 57.1 Å². The molecule has 0 bridgehead atoms. The van der Waals surface area contributed by atoms with Gasteiger partial charge in [0.15, 0.2) is 0 Å². The first-order valence-corrected chi connectivity index (χ1v) is 11.0. The van der Waals surface area contributed by atoms with Crippen LogP contribution in [0.1, 0.15) is 49.9 Å². The van der Waals surface area contributed by atoms with Crippen LogP contribution in [0.3, 0.4) is 0 Å². The third kappa shape index (κ3) is 5.52. The van der Waals surface area contributed by atoms with E-state index in [4.69, 9.17) is 10.00 Å². The fourth-order valence-electron chi connectivity index (χ4n) is 4.10. The Bertz CT molecular complexity index is 1170. The molecule has 1 aromatic heterocycles. The van der Waals surface area contributed by atoms with Gasteiger partial charge in [0.1, 0.15) is 11.6 Å². The van der Waals surface area contributed by atoms with Gasteiger partial charge in [0.2, 0.25) is 5.91 Å². The molecule has 1 aliphatic carbocycles. The van der Waals surface area contributed by atoms with Crippen LogP contribution in [-0.4, -0.2) is 28.0 Å². The van der Waals surface area contributed by atoms with Gasteiger partial charge in [0.25, 0.3) is 5.56 Å². The maximum Gasteiger partial charge on any atom is 0.258 e. The van der Waals surface area contributed by atoms with Gasteiger partial charge in [-0.2, -0.15) is 5.26 Å². The number of nitrogens with one attached hydrogen (secondary N) is 2. The molecule has 0 atom stereocenters. The monoisotopic (exact) mass is 430 g/mol. The minimum atomic E-state index is -0.143. The number of aryl methyl sites for hydroxylation is 1. The molecule has 2 aromatic carbocycles. The molecule has 1 heterocycles. The second-order valence-electron chi connectivity index (χ2n) is 8.18. The van der Waals surface area contributed by atoms with E-state index in [9.17, 15) is 9.59 Å². The fourth-order valence-corrected chi connectivity index (χ4v) is 4.10. The number of amides is 1. The standard InChI is InChI=1S/C25H26N4O3/c26-16-17-8-12-19(13-9-17)32-20-14-10-18(11-15-20)27-24(30)7-3-6-23-28-22-5-2-1-4-21(22)25(31)29-23/h1-2,4-5,8-9,12-13,18,20H,3,6-7,10-11,14-15H2,(H,27,30)(H,28,29,31). The number of nitriles is 1. The molecule has 4 rings (SSSR count). The van der Waals surface area contributed by atoms with E-state index < -0.39 is 0 Å². The average Bonchev–Trinajstić information content (AvgIpc) is 2.81. The van der Waals surface area contributed by atoms with Crippen molar-refractivity contribution >= 4 is 16.8 Å². The number of H-pyrrole nitrogens is 1. The van der Waals surface area contributed by atoms with Gasteiger partial charge in [-0.05, 0) is 68.5 Å². The molecule has 164 valence electrons. The number of para-hydroxylation sites is 1. The van der Waals surface area contributed by atoms with Crippen LogP contribution in [0.15, 0.2) is 53.3 Å². The molecule has 1 fully saturated rings. The summed E-state index contributed by atoms with van der Waals surface area (Å²) in [4.78, 5) is 31.8. The Morgan fingerprint density at radius 2 is 1.88 bits per heavy atom. The van der Waals surface area contributed by atoms with E-state index in [2.05, 4.69) is 21.4 Å². The molecule has 1 saturated carbocycles. The largest absolute Gasteiger partial charge is 0.490 e. The van der Waals surface area contributed by atoms with Crippen molar-refractivity contribution in [3.05, 3.63) is 70.3 Å². The molecule has 0 radical (unpaired) electrons. The smallest absolute Gasteiger partial charge is 0.258 e. The maximum atomic E-state index is 12.4. The first-order valence-electron chi connectivity index (χ1n) is 11.0. The van der Waals surface area contributed by atoms with Gasteiger partial charge >= 0.3 is 0 Å². The SMILES string of the molecule is N#Cc1ccc(OC2CCC(NC(=O)CCCc3nc4ccccc4c(=O)[nH]3)CC2)cc1. The van der Waals surface area contributed by atoms with Crippen molar-refractivity contribution in [3.8, 4) is 11.8 Å². The normalized spacial score (nSPS) is 18.1. The van der Waals surface area contributed by atoms with E-state index in [1.807, 2.05) is 30.3 Å². The molecule has 0 saturated heterocycles. The van der Waals surface area contributed by atoms with E-state index >= 15 is 0 Å². The molecule has 3 aromatic rings. The molecule has 7 heteroatoms. The van der Waals surface area contributed by atoms with E-state index in [-0.39, 0.29) is 23.6 Å². The lowest BCUT2D eigenvalue weighted by Gasteiger charge is -2.29. The van der Waals surface area contributed by atoms with Crippen LogP contribution in [0, 0.1) is 11.3 Å². The van der Waals surface area contributed by atoms with Crippen molar-refractivity contribution in [2.24, 2.45) is 0 Å². The second-order valence-corrected chi connectivity index (χ2v) is 8.18. The van der Waals surface area contributed by atoms with Crippen LogP contribution < -0.4 is 15.6 Å². The summed E-state index contributed by atoms with van der Waals surface area (Å²) >= 11 is 0. The van der Waals surface area contributed by atoms with Crippen LogP contribution in [0.25, 0.3) is 10.9 Å². The number of benzene rings is 2. The lowest BCUT2D eigenvalue weighted by Crippen LogP contribution is -2.39. The molecule has 0 unspecified atom stereocenters. The molecule has 0 spiro atoms. The lowest BCUT2D eigenvalue weighted by molar-refractivity contribution is -0.122. The Kier molecular flexibility index (Phi) is 6.81. The molecule has 0 aliphatic heterocycles. The third-order valence-corrected chi connectivity index (χ3v) is 5.80. The number of nitrogens with zero attached hydrogens (tertiary/aromatic N) is 2. The predicted octanol–water partition coefficient (Wildman–Crippen LogP) is 3.62. The highest BCUT2D eigenvalue weighted by Gasteiger charge is 2.23. The number of aromatic nitrogens is 2. The van der Waals surface area contributed by atoms with Gasteiger partial charge in [-0.1, -0.05) is 12.1 Å². The maximum absolute atomic E-state index is 12.4. The van der Waals surface area contributed by atoms with Crippen LogP contribution in [0.2, 0.25) is 0 Å². The van der Waals surface area contributed by atoms with E-state index in [1.54, 1.807) is 18.2 Å². The first-order chi connectivity index (χ1) is 15.6. The molecule has 1 amide bonds. The Labute approximate surface area is 186 Å². The highest BCUT2D eigenvalue weighted by molar-refractivity contribution is 5.77. The van der Waals surface area contributed by atoms with Crippen molar-refractivity contribution in [2.75, 3.05) is 0 Å². The number of hydrogen-bond acceptors (Lipinski definition) is 5. The van der Waals surface area contributed by atoms with Crippen LogP contribution in [0.5, 0.6) is 5.75 Å². The number of rotatable bonds is 7. The summed E-state index contributed by atoms with van der Waals surface area (Å²) in [6, 6.07) is 16.7. The van der Waals surface area contributed by atoms with Crippen molar-refractivity contribution in [3.63, 3.8) is 0 Å². The summed E-state index contributed by atoms with van der Waals surface area (Å²) < 4.78 is 6.00. The number of carbonyl (C=O) groups is 1. The van der Waals surface area contributed by atoms with Crippen LogP contribution in [-0.2, 0) is 11.2 Å². The number of carbonyl (C=O) groups excluding carboxylic acids is 1. The van der Waals surface area contributed by atoms with Crippen molar-refractivity contribution < 1.29 is 9.53 Å². The van der Waals surface area contributed by atoms with Gasteiger partial charge in [0.05, 0.1) is 28.6 Å². The molecule has 1 aliphatic rings. The molecule has 32 heavy (non-hydrogen) atoms. The Balaban J connectivity index is 1.18. The second kappa shape index (κ2) is 10.1. The lowest BCUT2D eigenvalue weighted by atomic mass is 9.92. The quantitative estimate of drug-likeness (QED) is 0.595. The Hall–Kier alpha value is -3.66. The van der Waals surface area contributed by atoms with Crippen LogP contribution in [0.4, 0.5) is 0 Å². The molecular formula is C25H26N4O3. The van der Waals surface area contributed by atoms with Crippen molar-refractivity contribution in [1.82, 2.24) is 15.3 Å². The van der Waals surface area contributed by atoms with Crippen molar-refractivity contribution in [1.29, 1.82) is 5.26 Å². The van der Waals surface area contributed by atoms with E-state index in [1.165, 1.54) is 0 Å². The fraction of sp³-hybridized carbons (Fsp3) is 0.360. The zero-order valence-electron chi connectivity index (χ0n) is 17.8. The highest BCUT2D eigenvalue weighted by Crippen LogP contribution is 2.24. The summed E-state index contributed by atoms with van der Waals surface area (Å²) in [7, 11) is 0. The van der Waals surface area contributed by atoms with Crippen LogP contribution >= 0.6 is 0 Å². The summed E-state index contributed by atoms with van der Waals surface area (Å²) in [6.45, 7) is 0. The minimum absolute atomic E-state index is 0.0320. The molecule has 7 nitrogen and oxygen atoms in total. The summed E-state index contributed by atoms with van der Waals surface area (Å²) in [5, 5.41) is 12.6. The summed E-state index contributed by atoms with van der Waals surface area (Å²) in [5.41, 5.74) is 1.15. The zero-order chi connectivity index (χ0) is 22.3. The topological polar surface area (TPSA) is 108 Å². The number of fused-ring (bicyclic) bond motifs is 1. The Morgan fingerprint density at radius 1 is 1.12 bits per heavy atom. The molecule has 2 N–H and O–H groups in total. The summed E-state index contributed by atoms with van der Waals surface area (Å²) in [6.07, 6.45) is 5.24. The number of ether oxygens (including phenoxy) is 1.